The van der Waals surface area contributed by atoms with Crippen molar-refractivity contribution in [3.8, 4) is 11.1 Å². The molecule has 1 aliphatic heterocycles. The van der Waals surface area contributed by atoms with Crippen molar-refractivity contribution in [3.05, 3.63) is 96.1 Å². The van der Waals surface area contributed by atoms with Crippen molar-refractivity contribution in [3.63, 3.8) is 0 Å². The number of amides is 3. The lowest BCUT2D eigenvalue weighted by molar-refractivity contribution is -0.130. The molecule has 2 aromatic carbocycles. The molecule has 0 fully saturated rings. The first-order valence-corrected chi connectivity index (χ1v) is 16.8. The summed E-state index contributed by atoms with van der Waals surface area (Å²) in [5.74, 6) is -0.0283. The zero-order valence-corrected chi connectivity index (χ0v) is 29.3. The molecule has 2 aliphatic rings. The Hall–Kier alpha value is -4.66. The molecule has 0 aromatic heterocycles. The third-order valence-corrected chi connectivity index (χ3v) is 8.33. The standard InChI is InChI=1S/C39H50N4O5/c1-9-10-11-17-27(4)39(24-26(2)3)34(44)43(35(42-39)41-37(46)48-38(6,7)8)23-16-18-28(5)40-36(45)47-25-33-31-21-14-12-19-29(31)30-20-13-15-22-32(30)33/h9-15,17,19-22,26,28,33H,4,16,18,23-25H2,1-3,5-8H3,(H,40,45)(H,41,42,46)/b10-9-,17-11-/t28-,39+/m0/s1. The SMILES string of the molecule is C=C(/C=C\C=C/C)[C@@]1(CC(C)C)N=C(NC(=O)OC(C)(C)C)N(CCC[C@H](C)NC(=O)OCC2c3ccccc3-c3ccccc32)C1=O. The molecule has 2 N–H and O–H groups in total. The second-order valence-corrected chi connectivity index (χ2v) is 13.9. The first-order chi connectivity index (χ1) is 22.8. The van der Waals surface area contributed by atoms with Crippen LogP contribution in [0.4, 0.5) is 9.59 Å². The van der Waals surface area contributed by atoms with Gasteiger partial charge in [-0.15, -0.1) is 0 Å². The number of hydrogen-bond donors (Lipinski definition) is 2. The lowest BCUT2D eigenvalue weighted by atomic mass is 9.82. The number of ether oxygens (including phenoxy) is 2. The van der Waals surface area contributed by atoms with Crippen LogP contribution in [0.15, 0.2) is 90.0 Å². The van der Waals surface area contributed by atoms with E-state index in [2.05, 4.69) is 41.5 Å². The van der Waals surface area contributed by atoms with E-state index in [1.54, 1.807) is 26.8 Å². The molecule has 256 valence electrons. The number of carbonyl (C=O) groups excluding carboxylic acids is 3. The number of rotatable bonds is 12. The summed E-state index contributed by atoms with van der Waals surface area (Å²) >= 11 is 0. The molecule has 0 unspecified atom stereocenters. The Balaban J connectivity index is 1.40. The number of hydrogen-bond acceptors (Lipinski definition) is 6. The van der Waals surface area contributed by atoms with Gasteiger partial charge in [-0.1, -0.05) is 93.3 Å². The average molecular weight is 655 g/mol. The number of fused-ring (bicyclic) bond motifs is 3. The Morgan fingerprint density at radius 3 is 2.23 bits per heavy atom. The minimum absolute atomic E-state index is 0.0245. The number of allylic oxidation sites excluding steroid dienone is 3. The topological polar surface area (TPSA) is 109 Å². The number of aliphatic imine (C=N–C) groups is 1. The molecule has 0 spiro atoms. The molecule has 1 aliphatic carbocycles. The molecule has 4 rings (SSSR count). The zero-order valence-electron chi connectivity index (χ0n) is 29.3. The Morgan fingerprint density at radius 1 is 1.02 bits per heavy atom. The molecule has 1 heterocycles. The van der Waals surface area contributed by atoms with Gasteiger partial charge in [0.1, 0.15) is 12.2 Å². The predicted octanol–water partition coefficient (Wildman–Crippen LogP) is 7.89. The first kappa shape index (κ1) is 36.2. The summed E-state index contributed by atoms with van der Waals surface area (Å²) in [7, 11) is 0. The van der Waals surface area contributed by atoms with E-state index in [-0.39, 0.29) is 42.9 Å². The fourth-order valence-corrected chi connectivity index (χ4v) is 6.26. The Morgan fingerprint density at radius 2 is 1.65 bits per heavy atom. The van der Waals surface area contributed by atoms with E-state index in [1.807, 2.05) is 70.2 Å². The minimum Gasteiger partial charge on any atom is -0.449 e. The van der Waals surface area contributed by atoms with Gasteiger partial charge in [0.15, 0.2) is 5.54 Å². The molecule has 48 heavy (non-hydrogen) atoms. The summed E-state index contributed by atoms with van der Waals surface area (Å²) in [5, 5.41) is 5.65. The number of benzene rings is 2. The highest BCUT2D eigenvalue weighted by Crippen LogP contribution is 2.44. The second-order valence-electron chi connectivity index (χ2n) is 13.9. The van der Waals surface area contributed by atoms with Gasteiger partial charge >= 0.3 is 12.2 Å². The van der Waals surface area contributed by atoms with E-state index < -0.39 is 23.3 Å². The summed E-state index contributed by atoms with van der Waals surface area (Å²) in [5.41, 5.74) is 3.20. The Kier molecular flexibility index (Phi) is 11.7. The maximum atomic E-state index is 14.2. The molecule has 3 amide bonds. The van der Waals surface area contributed by atoms with Crippen molar-refractivity contribution in [2.24, 2.45) is 10.9 Å². The monoisotopic (exact) mass is 654 g/mol. The normalized spacial score (nSPS) is 18.2. The van der Waals surface area contributed by atoms with E-state index in [1.165, 1.54) is 16.0 Å². The minimum atomic E-state index is -1.26. The first-order valence-electron chi connectivity index (χ1n) is 16.8. The van der Waals surface area contributed by atoms with Crippen LogP contribution in [0.5, 0.6) is 0 Å². The number of nitrogens with one attached hydrogen (secondary N) is 2. The van der Waals surface area contributed by atoms with Crippen LogP contribution in [-0.2, 0) is 14.3 Å². The molecule has 0 saturated heterocycles. The number of guanidine groups is 1. The molecule has 0 saturated carbocycles. The predicted molar refractivity (Wildman–Crippen MR) is 191 cm³/mol. The lowest BCUT2D eigenvalue weighted by Gasteiger charge is -2.28. The third-order valence-electron chi connectivity index (χ3n) is 8.33. The number of carbonyl (C=O) groups is 3. The summed E-state index contributed by atoms with van der Waals surface area (Å²) < 4.78 is 11.2. The van der Waals surface area contributed by atoms with E-state index in [9.17, 15) is 14.4 Å². The largest absolute Gasteiger partial charge is 0.449 e. The number of alkyl carbamates (subject to hydrolysis) is 2. The van der Waals surface area contributed by atoms with Crippen molar-refractivity contribution in [1.29, 1.82) is 0 Å². The van der Waals surface area contributed by atoms with Crippen LogP contribution in [0, 0.1) is 5.92 Å². The number of nitrogens with zero attached hydrogens (tertiary/aromatic N) is 2. The maximum absolute atomic E-state index is 14.2. The lowest BCUT2D eigenvalue weighted by Crippen LogP contribution is -2.49. The molecule has 0 radical (unpaired) electrons. The molecule has 9 heteroatoms. The second kappa shape index (κ2) is 15.5. The van der Waals surface area contributed by atoms with Crippen molar-refractivity contribution in [1.82, 2.24) is 15.5 Å². The van der Waals surface area contributed by atoms with Crippen LogP contribution in [-0.4, -0.2) is 59.3 Å². The van der Waals surface area contributed by atoms with Crippen LogP contribution in [0.2, 0.25) is 0 Å². The Bertz CT molecular complexity index is 1560. The molecular formula is C39H50N4O5. The molecule has 9 nitrogen and oxygen atoms in total. The van der Waals surface area contributed by atoms with E-state index >= 15 is 0 Å². The molecule has 2 aromatic rings. The van der Waals surface area contributed by atoms with Gasteiger partial charge in [0.2, 0.25) is 5.96 Å². The van der Waals surface area contributed by atoms with E-state index in [4.69, 9.17) is 14.5 Å². The summed E-state index contributed by atoms with van der Waals surface area (Å²) in [6.07, 6.45) is 7.69. The van der Waals surface area contributed by atoms with E-state index in [0.717, 1.165) is 11.1 Å². The van der Waals surface area contributed by atoms with Gasteiger partial charge in [-0.25, -0.2) is 14.6 Å². The molecule has 0 bridgehead atoms. The van der Waals surface area contributed by atoms with Crippen LogP contribution in [0.1, 0.15) is 84.8 Å². The van der Waals surface area contributed by atoms with Gasteiger partial charge in [0, 0.05) is 18.5 Å². The van der Waals surface area contributed by atoms with Crippen LogP contribution in [0.3, 0.4) is 0 Å². The van der Waals surface area contributed by atoms with Crippen molar-refractivity contribution in [2.75, 3.05) is 13.2 Å². The zero-order chi connectivity index (χ0) is 35.1. The highest BCUT2D eigenvalue weighted by Gasteiger charge is 2.50. The van der Waals surface area contributed by atoms with Crippen LogP contribution in [0.25, 0.3) is 11.1 Å². The Labute approximate surface area is 285 Å². The van der Waals surface area contributed by atoms with Gasteiger partial charge in [0.25, 0.3) is 5.91 Å². The van der Waals surface area contributed by atoms with Gasteiger partial charge in [0.05, 0.1) is 0 Å². The smallest absolute Gasteiger partial charge is 0.414 e. The highest BCUT2D eigenvalue weighted by atomic mass is 16.6. The fourth-order valence-electron chi connectivity index (χ4n) is 6.26. The third kappa shape index (κ3) is 8.62. The average Bonchev–Trinajstić information content (AvgIpc) is 3.46. The van der Waals surface area contributed by atoms with Crippen molar-refractivity contribution >= 4 is 24.1 Å². The van der Waals surface area contributed by atoms with Gasteiger partial charge < -0.3 is 14.8 Å². The quantitative estimate of drug-likeness (QED) is 0.226. The van der Waals surface area contributed by atoms with Crippen molar-refractivity contribution in [2.45, 2.75) is 90.8 Å². The highest BCUT2D eigenvalue weighted by molar-refractivity contribution is 6.12. The maximum Gasteiger partial charge on any atom is 0.414 e. The van der Waals surface area contributed by atoms with Crippen molar-refractivity contribution < 1.29 is 23.9 Å². The molecular weight excluding hydrogens is 604 g/mol. The van der Waals surface area contributed by atoms with Gasteiger partial charge in [-0.05, 0) is 87.6 Å². The van der Waals surface area contributed by atoms with Crippen LogP contribution >= 0.6 is 0 Å². The van der Waals surface area contributed by atoms with E-state index in [0.29, 0.717) is 24.8 Å². The van der Waals surface area contributed by atoms with Gasteiger partial charge in [-0.3, -0.25) is 15.0 Å². The summed E-state index contributed by atoms with van der Waals surface area (Å²) in [4.78, 5) is 46.2. The summed E-state index contributed by atoms with van der Waals surface area (Å²) in [6, 6.07) is 16.2. The summed E-state index contributed by atoms with van der Waals surface area (Å²) in [6.45, 7) is 17.9. The van der Waals surface area contributed by atoms with Crippen LogP contribution < -0.4 is 10.6 Å². The fraction of sp³-hybridized carbons (Fsp3) is 0.436. The molecule has 2 atom stereocenters. The van der Waals surface area contributed by atoms with Gasteiger partial charge in [-0.2, -0.15) is 0 Å².